The minimum atomic E-state index is -4.52. The molecular weight excluding hydrogens is 381 g/mol. The maximum Gasteiger partial charge on any atom is 0.417 e. The number of aromatic nitrogens is 3. The van der Waals surface area contributed by atoms with Crippen molar-refractivity contribution >= 4 is 16.9 Å². The van der Waals surface area contributed by atoms with Crippen LogP contribution in [0, 0.1) is 0 Å². The number of nitrogens with one attached hydrogen (secondary N) is 1. The summed E-state index contributed by atoms with van der Waals surface area (Å²) >= 11 is 0. The van der Waals surface area contributed by atoms with Crippen molar-refractivity contribution in [1.82, 2.24) is 20.1 Å². The normalized spacial score (nSPS) is 15.6. The van der Waals surface area contributed by atoms with Crippen LogP contribution < -0.4 is 5.32 Å². The third kappa shape index (κ3) is 3.83. The average molecular weight is 402 g/mol. The number of hydrogen-bond donors (Lipinski definition) is 1. The molecule has 1 fully saturated rings. The number of aryl methyl sites for hydroxylation is 1. The van der Waals surface area contributed by atoms with Crippen molar-refractivity contribution in [3.05, 3.63) is 47.7 Å². The smallest absolute Gasteiger partial charge is 0.349 e. The van der Waals surface area contributed by atoms with Crippen molar-refractivity contribution in [3.63, 3.8) is 0 Å². The lowest BCUT2D eigenvalue weighted by Crippen LogP contribution is -2.36. The SMILES string of the molecule is Cn1ncc2c(C(=O)NC3CCCCC3)cc(-c3ccccc3C(F)(F)F)nc21. The molecule has 1 aromatic carbocycles. The van der Waals surface area contributed by atoms with E-state index >= 15 is 0 Å². The zero-order valence-corrected chi connectivity index (χ0v) is 16.0. The quantitative estimate of drug-likeness (QED) is 0.690. The predicted octanol–water partition coefficient (Wildman–Crippen LogP) is 4.72. The number of fused-ring (bicyclic) bond motifs is 1. The number of halogens is 3. The number of amides is 1. The molecule has 1 N–H and O–H groups in total. The Morgan fingerprint density at radius 1 is 1.17 bits per heavy atom. The highest BCUT2D eigenvalue weighted by Gasteiger charge is 2.34. The van der Waals surface area contributed by atoms with Gasteiger partial charge in [0, 0.05) is 18.7 Å². The van der Waals surface area contributed by atoms with Crippen molar-refractivity contribution in [2.75, 3.05) is 0 Å². The number of benzene rings is 1. The van der Waals surface area contributed by atoms with E-state index in [4.69, 9.17) is 0 Å². The number of nitrogens with zero attached hydrogens (tertiary/aromatic N) is 3. The summed E-state index contributed by atoms with van der Waals surface area (Å²) in [6.45, 7) is 0. The number of carbonyl (C=O) groups excluding carboxylic acids is 1. The maximum atomic E-state index is 13.5. The number of hydrogen-bond acceptors (Lipinski definition) is 3. The van der Waals surface area contributed by atoms with Gasteiger partial charge in [-0.25, -0.2) is 4.98 Å². The summed E-state index contributed by atoms with van der Waals surface area (Å²) in [7, 11) is 1.65. The minimum absolute atomic E-state index is 0.0604. The second-order valence-corrected chi connectivity index (χ2v) is 7.41. The van der Waals surface area contributed by atoms with Gasteiger partial charge < -0.3 is 5.32 Å². The molecule has 0 atom stereocenters. The molecule has 8 heteroatoms. The van der Waals surface area contributed by atoms with E-state index in [1.54, 1.807) is 7.05 Å². The molecule has 152 valence electrons. The minimum Gasteiger partial charge on any atom is -0.349 e. The van der Waals surface area contributed by atoms with Gasteiger partial charge >= 0.3 is 6.18 Å². The first-order chi connectivity index (χ1) is 13.8. The fourth-order valence-electron chi connectivity index (χ4n) is 3.90. The van der Waals surface area contributed by atoms with Crippen LogP contribution >= 0.6 is 0 Å². The molecule has 1 aliphatic carbocycles. The van der Waals surface area contributed by atoms with Crippen LogP contribution in [0.5, 0.6) is 0 Å². The lowest BCUT2D eigenvalue weighted by Gasteiger charge is -2.23. The number of pyridine rings is 1. The predicted molar refractivity (Wildman–Crippen MR) is 103 cm³/mol. The molecule has 3 aromatic rings. The van der Waals surface area contributed by atoms with Gasteiger partial charge in [0.05, 0.1) is 28.4 Å². The third-order valence-electron chi connectivity index (χ3n) is 5.40. The summed E-state index contributed by atoms with van der Waals surface area (Å²) in [5.74, 6) is -0.303. The highest BCUT2D eigenvalue weighted by Crippen LogP contribution is 2.37. The summed E-state index contributed by atoms with van der Waals surface area (Å²) in [4.78, 5) is 17.4. The van der Waals surface area contributed by atoms with Gasteiger partial charge in [-0.2, -0.15) is 18.3 Å². The molecule has 0 unspecified atom stereocenters. The van der Waals surface area contributed by atoms with Crippen LogP contribution in [0.1, 0.15) is 48.0 Å². The number of alkyl halides is 3. The van der Waals surface area contributed by atoms with Crippen LogP contribution in [-0.4, -0.2) is 26.7 Å². The molecule has 29 heavy (non-hydrogen) atoms. The molecule has 1 saturated carbocycles. The van der Waals surface area contributed by atoms with Crippen LogP contribution in [-0.2, 0) is 13.2 Å². The Kier molecular flexibility index (Phi) is 5.02. The van der Waals surface area contributed by atoms with E-state index in [2.05, 4.69) is 15.4 Å². The Bertz CT molecular complexity index is 1050. The van der Waals surface area contributed by atoms with Crippen LogP contribution in [0.15, 0.2) is 36.5 Å². The van der Waals surface area contributed by atoms with Gasteiger partial charge in [0.15, 0.2) is 5.65 Å². The Labute approximate surface area is 165 Å². The lowest BCUT2D eigenvalue weighted by atomic mass is 9.95. The second kappa shape index (κ2) is 7.50. The first-order valence-corrected chi connectivity index (χ1v) is 9.65. The van der Waals surface area contributed by atoms with Crippen LogP contribution in [0.2, 0.25) is 0 Å². The van der Waals surface area contributed by atoms with E-state index < -0.39 is 11.7 Å². The zero-order valence-electron chi connectivity index (χ0n) is 16.0. The summed E-state index contributed by atoms with van der Waals surface area (Å²) in [6, 6.07) is 6.78. The summed E-state index contributed by atoms with van der Waals surface area (Å²) in [5, 5.41) is 7.70. The molecule has 1 amide bonds. The first-order valence-electron chi connectivity index (χ1n) is 9.65. The standard InChI is InChI=1S/C21H21F3N4O/c1-28-19-16(12-25-28)15(20(29)26-13-7-3-2-4-8-13)11-18(27-19)14-9-5-6-10-17(14)21(22,23)24/h5-6,9-13H,2-4,7-8H2,1H3,(H,26,29). The van der Waals surface area contributed by atoms with Gasteiger partial charge in [0.25, 0.3) is 5.91 Å². The molecule has 0 aliphatic heterocycles. The van der Waals surface area contributed by atoms with Crippen molar-refractivity contribution in [3.8, 4) is 11.3 Å². The summed E-state index contributed by atoms with van der Waals surface area (Å²) in [5.41, 5.74) is -0.0841. The Balaban J connectivity index is 1.81. The third-order valence-corrected chi connectivity index (χ3v) is 5.40. The molecule has 5 nitrogen and oxygen atoms in total. The van der Waals surface area contributed by atoms with E-state index in [9.17, 15) is 18.0 Å². The molecule has 4 rings (SSSR count). The fraction of sp³-hybridized carbons (Fsp3) is 0.381. The molecule has 0 spiro atoms. The van der Waals surface area contributed by atoms with Gasteiger partial charge in [-0.15, -0.1) is 0 Å². The van der Waals surface area contributed by atoms with Crippen molar-refractivity contribution in [2.45, 2.75) is 44.3 Å². The van der Waals surface area contributed by atoms with Crippen LogP contribution in [0.25, 0.3) is 22.3 Å². The van der Waals surface area contributed by atoms with E-state index in [1.807, 2.05) is 0 Å². The molecule has 2 aromatic heterocycles. The topological polar surface area (TPSA) is 59.8 Å². The van der Waals surface area contributed by atoms with Gasteiger partial charge in [0.1, 0.15) is 0 Å². The van der Waals surface area contributed by atoms with Crippen molar-refractivity contribution in [2.24, 2.45) is 7.05 Å². The highest BCUT2D eigenvalue weighted by atomic mass is 19.4. The maximum absolute atomic E-state index is 13.5. The Hall–Kier alpha value is -2.90. The van der Waals surface area contributed by atoms with Gasteiger partial charge in [-0.05, 0) is 25.0 Å². The molecule has 0 radical (unpaired) electrons. The van der Waals surface area contributed by atoms with Crippen molar-refractivity contribution in [1.29, 1.82) is 0 Å². The molecule has 0 bridgehead atoms. The highest BCUT2D eigenvalue weighted by molar-refractivity contribution is 6.06. The monoisotopic (exact) mass is 402 g/mol. The largest absolute Gasteiger partial charge is 0.417 e. The van der Waals surface area contributed by atoms with Crippen LogP contribution in [0.4, 0.5) is 13.2 Å². The van der Waals surface area contributed by atoms with Gasteiger partial charge in [-0.1, -0.05) is 37.5 Å². The molecular formula is C21H21F3N4O. The van der Waals surface area contributed by atoms with Gasteiger partial charge in [-0.3, -0.25) is 9.48 Å². The first kappa shape index (κ1) is 19.4. The fourth-order valence-corrected chi connectivity index (χ4v) is 3.90. The lowest BCUT2D eigenvalue weighted by molar-refractivity contribution is -0.137. The summed E-state index contributed by atoms with van der Waals surface area (Å²) < 4.78 is 42.0. The van der Waals surface area contributed by atoms with Crippen LogP contribution in [0.3, 0.4) is 0 Å². The van der Waals surface area contributed by atoms with E-state index in [0.717, 1.165) is 38.2 Å². The van der Waals surface area contributed by atoms with E-state index in [-0.39, 0.29) is 23.2 Å². The Morgan fingerprint density at radius 2 is 1.90 bits per heavy atom. The number of rotatable bonds is 3. The van der Waals surface area contributed by atoms with Crippen molar-refractivity contribution < 1.29 is 18.0 Å². The zero-order chi connectivity index (χ0) is 20.6. The average Bonchev–Trinajstić information content (AvgIpc) is 3.08. The molecule has 2 heterocycles. The van der Waals surface area contributed by atoms with Gasteiger partial charge in [0.2, 0.25) is 0 Å². The summed E-state index contributed by atoms with van der Waals surface area (Å²) in [6.07, 6.45) is 2.11. The van der Waals surface area contributed by atoms with E-state index in [0.29, 0.717) is 16.6 Å². The molecule has 0 saturated heterocycles. The second-order valence-electron chi connectivity index (χ2n) is 7.41. The molecule has 1 aliphatic rings. The van der Waals surface area contributed by atoms with E-state index in [1.165, 1.54) is 35.1 Å². The number of carbonyl (C=O) groups is 1. The Morgan fingerprint density at radius 3 is 2.62 bits per heavy atom.